The van der Waals surface area contributed by atoms with Gasteiger partial charge in [-0.1, -0.05) is 18.2 Å². The van der Waals surface area contributed by atoms with Crippen molar-refractivity contribution in [2.24, 2.45) is 0 Å². The number of hydrogen-bond acceptors (Lipinski definition) is 5. The van der Waals surface area contributed by atoms with Crippen LogP contribution in [0.1, 0.15) is 5.56 Å². The zero-order valence-electron chi connectivity index (χ0n) is 13.4. The second kappa shape index (κ2) is 6.72. The lowest BCUT2D eigenvalue weighted by Crippen LogP contribution is -2.02. The fourth-order valence-corrected chi connectivity index (χ4v) is 2.43. The Bertz CT molecular complexity index is 881. The molecule has 2 aromatic carbocycles. The molecule has 7 heteroatoms. The molecular weight excluding hydrogens is 326 g/mol. The summed E-state index contributed by atoms with van der Waals surface area (Å²) in [6.45, 7) is -0.964. The summed E-state index contributed by atoms with van der Waals surface area (Å²) < 4.78 is 28.7. The SMILES string of the molecule is Cc1ccc(N)c(-c2ncc(-c3ccc(OC(F)F)cc3)cn2)c1N. The Morgan fingerprint density at radius 1 is 0.920 bits per heavy atom. The molecule has 0 fully saturated rings. The van der Waals surface area contributed by atoms with Gasteiger partial charge >= 0.3 is 6.61 Å². The van der Waals surface area contributed by atoms with Crippen LogP contribution in [0.2, 0.25) is 0 Å². The summed E-state index contributed by atoms with van der Waals surface area (Å²) >= 11 is 0. The van der Waals surface area contributed by atoms with E-state index in [2.05, 4.69) is 14.7 Å². The van der Waals surface area contributed by atoms with Crippen LogP contribution in [0.5, 0.6) is 5.75 Å². The first-order valence-corrected chi connectivity index (χ1v) is 7.48. The lowest BCUT2D eigenvalue weighted by Gasteiger charge is -2.11. The minimum absolute atomic E-state index is 0.0941. The molecule has 0 aliphatic rings. The standard InChI is InChI=1S/C18H16F2N4O/c1-10-2-7-14(21)15(16(10)22)17-23-8-12(9-24-17)11-3-5-13(6-4-11)25-18(19)20/h2-9,18H,21-22H2,1H3. The van der Waals surface area contributed by atoms with Crippen molar-refractivity contribution in [3.8, 4) is 28.3 Å². The lowest BCUT2D eigenvalue weighted by molar-refractivity contribution is -0.0498. The molecule has 3 aromatic rings. The van der Waals surface area contributed by atoms with E-state index in [9.17, 15) is 8.78 Å². The van der Waals surface area contributed by atoms with Crippen molar-refractivity contribution in [3.63, 3.8) is 0 Å². The predicted molar refractivity (Wildman–Crippen MR) is 93.1 cm³/mol. The zero-order valence-corrected chi connectivity index (χ0v) is 13.4. The van der Waals surface area contributed by atoms with Crippen LogP contribution in [-0.4, -0.2) is 16.6 Å². The first kappa shape index (κ1) is 16.6. The topological polar surface area (TPSA) is 87.0 Å². The van der Waals surface area contributed by atoms with Crippen LogP contribution in [0.4, 0.5) is 20.2 Å². The van der Waals surface area contributed by atoms with Crippen molar-refractivity contribution in [1.82, 2.24) is 9.97 Å². The second-order valence-corrected chi connectivity index (χ2v) is 5.46. The molecule has 0 atom stereocenters. The van der Waals surface area contributed by atoms with Crippen LogP contribution < -0.4 is 16.2 Å². The van der Waals surface area contributed by atoms with Crippen LogP contribution >= 0.6 is 0 Å². The van der Waals surface area contributed by atoms with E-state index in [0.717, 1.165) is 16.7 Å². The molecule has 0 radical (unpaired) electrons. The van der Waals surface area contributed by atoms with Crippen LogP contribution in [0.15, 0.2) is 48.8 Å². The number of rotatable bonds is 4. The fourth-order valence-electron chi connectivity index (χ4n) is 2.43. The van der Waals surface area contributed by atoms with Crippen molar-refractivity contribution in [1.29, 1.82) is 0 Å². The van der Waals surface area contributed by atoms with Gasteiger partial charge in [0.05, 0.1) is 5.56 Å². The number of ether oxygens (including phenoxy) is 1. The number of nitrogens with zero attached hydrogens (tertiary/aromatic N) is 2. The quantitative estimate of drug-likeness (QED) is 0.703. The van der Waals surface area contributed by atoms with Crippen LogP contribution in [-0.2, 0) is 0 Å². The largest absolute Gasteiger partial charge is 0.435 e. The van der Waals surface area contributed by atoms with Crippen LogP contribution in [0.3, 0.4) is 0 Å². The smallest absolute Gasteiger partial charge is 0.387 e. The molecule has 0 amide bonds. The molecule has 0 saturated carbocycles. The third-order valence-electron chi connectivity index (χ3n) is 3.78. The van der Waals surface area contributed by atoms with Crippen molar-refractivity contribution in [3.05, 3.63) is 54.4 Å². The van der Waals surface area contributed by atoms with Gasteiger partial charge in [-0.2, -0.15) is 8.78 Å². The Balaban J connectivity index is 1.89. The average Bonchev–Trinajstić information content (AvgIpc) is 2.59. The second-order valence-electron chi connectivity index (χ2n) is 5.46. The first-order valence-electron chi connectivity index (χ1n) is 7.48. The lowest BCUT2D eigenvalue weighted by atomic mass is 10.0. The predicted octanol–water partition coefficient (Wildman–Crippen LogP) is 3.88. The van der Waals surface area contributed by atoms with Gasteiger partial charge in [0.25, 0.3) is 0 Å². The number of anilines is 2. The van der Waals surface area contributed by atoms with Gasteiger partial charge < -0.3 is 16.2 Å². The molecule has 1 heterocycles. The zero-order chi connectivity index (χ0) is 18.0. The minimum Gasteiger partial charge on any atom is -0.435 e. The molecule has 0 bridgehead atoms. The monoisotopic (exact) mass is 342 g/mol. The fraction of sp³-hybridized carbons (Fsp3) is 0.111. The molecule has 0 aliphatic carbocycles. The molecule has 25 heavy (non-hydrogen) atoms. The van der Waals surface area contributed by atoms with Gasteiger partial charge in [0.2, 0.25) is 0 Å². The number of aryl methyl sites for hydroxylation is 1. The third-order valence-corrected chi connectivity index (χ3v) is 3.78. The molecule has 0 spiro atoms. The van der Waals surface area contributed by atoms with E-state index in [-0.39, 0.29) is 5.75 Å². The summed E-state index contributed by atoms with van der Waals surface area (Å²) in [7, 11) is 0. The van der Waals surface area contributed by atoms with Crippen molar-refractivity contribution in [2.75, 3.05) is 11.5 Å². The van der Waals surface area contributed by atoms with Crippen molar-refractivity contribution in [2.45, 2.75) is 13.5 Å². The van der Waals surface area contributed by atoms with Gasteiger partial charge in [-0.15, -0.1) is 0 Å². The maximum Gasteiger partial charge on any atom is 0.387 e. The number of alkyl halides is 2. The van der Waals surface area contributed by atoms with E-state index in [0.29, 0.717) is 22.8 Å². The number of nitrogens with two attached hydrogens (primary N) is 2. The van der Waals surface area contributed by atoms with Crippen LogP contribution in [0, 0.1) is 6.92 Å². The molecular formula is C18H16F2N4O. The highest BCUT2D eigenvalue weighted by Gasteiger charge is 2.12. The molecule has 1 aromatic heterocycles. The summed E-state index contributed by atoms with van der Waals surface area (Å²) in [6, 6.07) is 9.85. The normalized spacial score (nSPS) is 10.9. The maximum atomic E-state index is 12.2. The van der Waals surface area contributed by atoms with E-state index >= 15 is 0 Å². The van der Waals surface area contributed by atoms with Crippen LogP contribution in [0.25, 0.3) is 22.5 Å². The average molecular weight is 342 g/mol. The highest BCUT2D eigenvalue weighted by Crippen LogP contribution is 2.32. The Hall–Kier alpha value is -3.22. The molecule has 0 saturated heterocycles. The van der Waals surface area contributed by atoms with E-state index in [1.807, 2.05) is 13.0 Å². The molecule has 3 rings (SSSR count). The molecule has 4 N–H and O–H groups in total. The molecule has 5 nitrogen and oxygen atoms in total. The van der Waals surface area contributed by atoms with Crippen molar-refractivity contribution >= 4 is 11.4 Å². The summed E-state index contributed by atoms with van der Waals surface area (Å²) in [4.78, 5) is 8.67. The number of hydrogen-bond donors (Lipinski definition) is 2. The summed E-state index contributed by atoms with van der Waals surface area (Å²) in [5.41, 5.74) is 16.1. The highest BCUT2D eigenvalue weighted by molar-refractivity contribution is 5.85. The summed E-state index contributed by atoms with van der Waals surface area (Å²) in [5.74, 6) is 0.525. The van der Waals surface area contributed by atoms with Gasteiger partial charge in [-0.05, 0) is 36.2 Å². The number of nitrogen functional groups attached to an aromatic ring is 2. The number of aromatic nitrogens is 2. The van der Waals surface area contributed by atoms with E-state index < -0.39 is 6.61 Å². The van der Waals surface area contributed by atoms with E-state index in [1.54, 1.807) is 30.6 Å². The Morgan fingerprint density at radius 3 is 2.16 bits per heavy atom. The van der Waals surface area contributed by atoms with Gasteiger partial charge in [-0.25, -0.2) is 9.97 Å². The van der Waals surface area contributed by atoms with E-state index in [1.165, 1.54) is 12.1 Å². The Labute approximate surface area is 143 Å². The van der Waals surface area contributed by atoms with Gasteiger partial charge in [-0.3, -0.25) is 0 Å². The Kier molecular flexibility index (Phi) is 4.47. The molecule has 0 aliphatic heterocycles. The van der Waals surface area contributed by atoms with Gasteiger partial charge in [0, 0.05) is 29.3 Å². The minimum atomic E-state index is -2.85. The first-order chi connectivity index (χ1) is 12.0. The van der Waals surface area contributed by atoms with Crippen molar-refractivity contribution < 1.29 is 13.5 Å². The highest BCUT2D eigenvalue weighted by atomic mass is 19.3. The summed E-state index contributed by atoms with van der Waals surface area (Å²) in [6.07, 6.45) is 3.26. The molecule has 128 valence electrons. The van der Waals surface area contributed by atoms with Gasteiger partial charge in [0.1, 0.15) is 5.75 Å². The van der Waals surface area contributed by atoms with Gasteiger partial charge in [0.15, 0.2) is 5.82 Å². The maximum absolute atomic E-state index is 12.2. The van der Waals surface area contributed by atoms with E-state index in [4.69, 9.17) is 11.5 Å². The molecule has 0 unspecified atom stereocenters. The number of halogens is 2. The number of benzene rings is 2. The third kappa shape index (κ3) is 3.50. The summed E-state index contributed by atoms with van der Waals surface area (Å²) in [5, 5.41) is 0. The Morgan fingerprint density at radius 2 is 1.56 bits per heavy atom.